The van der Waals surface area contributed by atoms with E-state index >= 15 is 0 Å². The van der Waals surface area contributed by atoms with Crippen LogP contribution in [0.15, 0.2) is 24.3 Å². The highest BCUT2D eigenvalue weighted by molar-refractivity contribution is 5.32. The summed E-state index contributed by atoms with van der Waals surface area (Å²) in [5, 5.41) is 10.6. The van der Waals surface area contributed by atoms with E-state index in [9.17, 15) is 5.11 Å². The minimum absolute atomic E-state index is 0.287. The highest BCUT2D eigenvalue weighted by Gasteiger charge is 2.35. The molecule has 98 valence electrons. The average molecular weight is 245 g/mol. The number of aliphatic hydroxyl groups excluding tert-OH is 1. The van der Waals surface area contributed by atoms with Crippen molar-refractivity contribution in [1.82, 2.24) is 4.90 Å². The SMILES string of the molecule is CCC1CCN(C2CCc3ccccc3C2O)C1. The molecular weight excluding hydrogens is 222 g/mol. The lowest BCUT2D eigenvalue weighted by molar-refractivity contribution is 0.0468. The van der Waals surface area contributed by atoms with Gasteiger partial charge in [-0.1, -0.05) is 37.6 Å². The molecule has 3 atom stereocenters. The predicted molar refractivity (Wildman–Crippen MR) is 73.5 cm³/mol. The van der Waals surface area contributed by atoms with Crippen LogP contribution in [-0.4, -0.2) is 29.1 Å². The fraction of sp³-hybridized carbons (Fsp3) is 0.625. The van der Waals surface area contributed by atoms with E-state index in [1.807, 2.05) is 6.07 Å². The molecule has 3 rings (SSSR count). The first-order chi connectivity index (χ1) is 8.79. The second kappa shape index (κ2) is 5.02. The standard InChI is InChI=1S/C16H23NO/c1-2-12-9-10-17(11-12)15-8-7-13-5-3-4-6-14(13)16(15)18/h3-6,12,15-16,18H,2,7-11H2,1H3. The third-order valence-corrected chi connectivity index (χ3v) is 4.81. The van der Waals surface area contributed by atoms with E-state index in [0.717, 1.165) is 24.3 Å². The maximum atomic E-state index is 10.6. The molecule has 0 amide bonds. The topological polar surface area (TPSA) is 23.5 Å². The Morgan fingerprint density at radius 1 is 1.28 bits per heavy atom. The van der Waals surface area contributed by atoms with E-state index in [0.29, 0.717) is 6.04 Å². The zero-order valence-electron chi connectivity index (χ0n) is 11.2. The monoisotopic (exact) mass is 245 g/mol. The highest BCUT2D eigenvalue weighted by atomic mass is 16.3. The summed E-state index contributed by atoms with van der Waals surface area (Å²) < 4.78 is 0. The molecule has 1 aliphatic carbocycles. The molecule has 1 heterocycles. The van der Waals surface area contributed by atoms with Crippen molar-refractivity contribution in [2.24, 2.45) is 5.92 Å². The number of aryl methyl sites for hydroxylation is 1. The Bertz CT molecular complexity index is 417. The van der Waals surface area contributed by atoms with E-state index in [4.69, 9.17) is 0 Å². The summed E-state index contributed by atoms with van der Waals surface area (Å²) in [7, 11) is 0. The van der Waals surface area contributed by atoms with Gasteiger partial charge in [0.1, 0.15) is 0 Å². The number of nitrogens with zero attached hydrogens (tertiary/aromatic N) is 1. The fourth-order valence-corrected chi connectivity index (χ4v) is 3.60. The van der Waals surface area contributed by atoms with Crippen molar-refractivity contribution in [3.05, 3.63) is 35.4 Å². The van der Waals surface area contributed by atoms with Crippen molar-refractivity contribution in [3.8, 4) is 0 Å². The zero-order chi connectivity index (χ0) is 12.5. The van der Waals surface area contributed by atoms with Gasteiger partial charge in [-0.25, -0.2) is 0 Å². The lowest BCUT2D eigenvalue weighted by Gasteiger charge is -2.36. The van der Waals surface area contributed by atoms with Crippen molar-refractivity contribution in [2.45, 2.75) is 44.8 Å². The van der Waals surface area contributed by atoms with E-state index in [1.165, 1.54) is 31.5 Å². The number of rotatable bonds is 2. The molecule has 0 bridgehead atoms. The van der Waals surface area contributed by atoms with Crippen LogP contribution < -0.4 is 0 Å². The van der Waals surface area contributed by atoms with Gasteiger partial charge in [0.2, 0.25) is 0 Å². The Balaban J connectivity index is 1.77. The molecule has 3 unspecified atom stereocenters. The van der Waals surface area contributed by atoms with E-state index in [1.54, 1.807) is 0 Å². The van der Waals surface area contributed by atoms with Gasteiger partial charge in [-0.15, -0.1) is 0 Å². The number of aliphatic hydroxyl groups is 1. The Morgan fingerprint density at radius 2 is 2.11 bits per heavy atom. The molecule has 1 aliphatic heterocycles. The molecule has 1 aromatic carbocycles. The van der Waals surface area contributed by atoms with Crippen molar-refractivity contribution in [1.29, 1.82) is 0 Å². The van der Waals surface area contributed by atoms with Crippen LogP contribution in [0.4, 0.5) is 0 Å². The second-order valence-electron chi connectivity index (χ2n) is 5.81. The third-order valence-electron chi connectivity index (χ3n) is 4.81. The van der Waals surface area contributed by atoms with Gasteiger partial charge in [0.05, 0.1) is 6.10 Å². The number of hydrogen-bond acceptors (Lipinski definition) is 2. The molecule has 1 fully saturated rings. The smallest absolute Gasteiger partial charge is 0.0947 e. The highest BCUT2D eigenvalue weighted by Crippen LogP contribution is 2.35. The Hall–Kier alpha value is -0.860. The van der Waals surface area contributed by atoms with Crippen LogP contribution in [0.1, 0.15) is 43.4 Å². The normalized spacial score (nSPS) is 32.4. The van der Waals surface area contributed by atoms with Crippen LogP contribution in [0.5, 0.6) is 0 Å². The maximum absolute atomic E-state index is 10.6. The summed E-state index contributed by atoms with van der Waals surface area (Å²) in [6.45, 7) is 4.63. The quantitative estimate of drug-likeness (QED) is 0.866. The van der Waals surface area contributed by atoms with Crippen LogP contribution >= 0.6 is 0 Å². The zero-order valence-corrected chi connectivity index (χ0v) is 11.2. The molecule has 18 heavy (non-hydrogen) atoms. The van der Waals surface area contributed by atoms with Crippen LogP contribution in [0.2, 0.25) is 0 Å². The first-order valence-corrected chi connectivity index (χ1v) is 7.29. The van der Waals surface area contributed by atoms with Crippen LogP contribution in [-0.2, 0) is 6.42 Å². The van der Waals surface area contributed by atoms with Gasteiger partial charge in [0.15, 0.2) is 0 Å². The molecule has 0 saturated carbocycles. The summed E-state index contributed by atoms with van der Waals surface area (Å²) in [5.74, 6) is 0.842. The van der Waals surface area contributed by atoms with Gasteiger partial charge in [-0.3, -0.25) is 4.90 Å². The predicted octanol–water partition coefficient (Wildman–Crippen LogP) is 2.77. The summed E-state index contributed by atoms with van der Waals surface area (Å²) in [6.07, 6.45) is 4.52. The van der Waals surface area contributed by atoms with Crippen molar-refractivity contribution < 1.29 is 5.11 Å². The van der Waals surface area contributed by atoms with Crippen LogP contribution in [0.25, 0.3) is 0 Å². The van der Waals surface area contributed by atoms with E-state index < -0.39 is 0 Å². The summed E-state index contributed by atoms with van der Waals surface area (Å²) in [6, 6.07) is 8.72. The number of likely N-dealkylation sites (tertiary alicyclic amines) is 1. The first kappa shape index (κ1) is 12.2. The molecule has 2 aliphatic rings. The number of hydrogen-bond donors (Lipinski definition) is 1. The molecule has 1 aromatic rings. The molecule has 2 nitrogen and oxygen atoms in total. The molecule has 0 spiro atoms. The van der Waals surface area contributed by atoms with Crippen LogP contribution in [0.3, 0.4) is 0 Å². The molecule has 1 saturated heterocycles. The molecular formula is C16H23NO. The Labute approximate surface area is 110 Å². The van der Waals surface area contributed by atoms with Gasteiger partial charge < -0.3 is 5.11 Å². The first-order valence-electron chi connectivity index (χ1n) is 7.29. The molecule has 0 radical (unpaired) electrons. The summed E-state index contributed by atoms with van der Waals surface area (Å²) in [4.78, 5) is 2.52. The maximum Gasteiger partial charge on any atom is 0.0947 e. The van der Waals surface area contributed by atoms with E-state index in [-0.39, 0.29) is 6.10 Å². The van der Waals surface area contributed by atoms with Crippen molar-refractivity contribution in [2.75, 3.05) is 13.1 Å². The minimum Gasteiger partial charge on any atom is -0.387 e. The van der Waals surface area contributed by atoms with Crippen LogP contribution in [0, 0.1) is 5.92 Å². The van der Waals surface area contributed by atoms with Gasteiger partial charge in [-0.2, -0.15) is 0 Å². The molecule has 2 heteroatoms. The van der Waals surface area contributed by atoms with Gasteiger partial charge in [0.25, 0.3) is 0 Å². The fourth-order valence-electron chi connectivity index (χ4n) is 3.60. The molecule has 1 N–H and O–H groups in total. The van der Waals surface area contributed by atoms with Crippen molar-refractivity contribution >= 4 is 0 Å². The largest absolute Gasteiger partial charge is 0.387 e. The minimum atomic E-state index is -0.287. The number of benzene rings is 1. The average Bonchev–Trinajstić information content (AvgIpc) is 2.88. The van der Waals surface area contributed by atoms with Gasteiger partial charge in [0, 0.05) is 12.6 Å². The Morgan fingerprint density at radius 3 is 2.89 bits per heavy atom. The van der Waals surface area contributed by atoms with Crippen molar-refractivity contribution in [3.63, 3.8) is 0 Å². The van der Waals surface area contributed by atoms with E-state index in [2.05, 4.69) is 30.0 Å². The lowest BCUT2D eigenvalue weighted by Crippen LogP contribution is -2.41. The summed E-state index contributed by atoms with van der Waals surface area (Å²) in [5.41, 5.74) is 2.50. The van der Waals surface area contributed by atoms with Gasteiger partial charge in [-0.05, 0) is 42.9 Å². The third kappa shape index (κ3) is 2.08. The van der Waals surface area contributed by atoms with Gasteiger partial charge >= 0.3 is 0 Å². The Kier molecular flexibility index (Phi) is 3.40. The summed E-state index contributed by atoms with van der Waals surface area (Å²) >= 11 is 0. The number of fused-ring (bicyclic) bond motifs is 1. The second-order valence-corrected chi connectivity index (χ2v) is 5.81. The molecule has 0 aromatic heterocycles. The lowest BCUT2D eigenvalue weighted by atomic mass is 9.85.